The molecular formula is C13H10BrF4N3O. The van der Waals surface area contributed by atoms with E-state index in [0.717, 1.165) is 4.68 Å². The molecule has 2 aromatic rings. The average molecular weight is 380 g/mol. The van der Waals surface area contributed by atoms with Crippen LogP contribution in [0.5, 0.6) is 0 Å². The Labute approximate surface area is 131 Å². The van der Waals surface area contributed by atoms with E-state index in [1.165, 1.54) is 31.3 Å². The van der Waals surface area contributed by atoms with Crippen LogP contribution in [0.4, 0.5) is 17.6 Å². The molecular weight excluding hydrogens is 370 g/mol. The van der Waals surface area contributed by atoms with Crippen molar-refractivity contribution < 1.29 is 22.4 Å². The lowest BCUT2D eigenvalue weighted by molar-refractivity contribution is -0.142. The first kappa shape index (κ1) is 16.5. The summed E-state index contributed by atoms with van der Waals surface area (Å²) in [7, 11) is 1.24. The second-order valence-electron chi connectivity index (χ2n) is 4.44. The largest absolute Gasteiger partial charge is 0.436 e. The predicted molar refractivity (Wildman–Crippen MR) is 73.5 cm³/mol. The van der Waals surface area contributed by atoms with Gasteiger partial charge >= 0.3 is 6.18 Å². The molecule has 1 heterocycles. The van der Waals surface area contributed by atoms with Gasteiger partial charge in [0.2, 0.25) is 0 Å². The maximum Gasteiger partial charge on any atom is 0.436 e. The van der Waals surface area contributed by atoms with Gasteiger partial charge < -0.3 is 5.32 Å². The number of amides is 1. The summed E-state index contributed by atoms with van der Waals surface area (Å²) < 4.78 is 51.4. The zero-order valence-electron chi connectivity index (χ0n) is 11.2. The van der Waals surface area contributed by atoms with E-state index >= 15 is 0 Å². The summed E-state index contributed by atoms with van der Waals surface area (Å²) in [5.41, 5.74) is -0.791. The highest BCUT2D eigenvalue weighted by Gasteiger charge is 2.39. The Morgan fingerprint density at radius 3 is 2.41 bits per heavy atom. The number of nitrogens with zero attached hydrogens (tertiary/aromatic N) is 2. The van der Waals surface area contributed by atoms with Gasteiger partial charge in [-0.2, -0.15) is 18.3 Å². The first-order chi connectivity index (χ1) is 10.2. The molecule has 0 radical (unpaired) electrons. The van der Waals surface area contributed by atoms with E-state index in [9.17, 15) is 22.4 Å². The van der Waals surface area contributed by atoms with Crippen LogP contribution >= 0.6 is 15.9 Å². The van der Waals surface area contributed by atoms with Gasteiger partial charge in [-0.25, -0.2) is 4.39 Å². The van der Waals surface area contributed by atoms with Crippen molar-refractivity contribution in [2.24, 2.45) is 7.05 Å². The molecule has 0 aliphatic rings. The Kier molecular flexibility index (Phi) is 4.55. The molecule has 0 spiro atoms. The maximum atomic E-state index is 12.8. The summed E-state index contributed by atoms with van der Waals surface area (Å²) >= 11 is 2.76. The number of aromatic nitrogens is 2. The molecule has 1 N–H and O–H groups in total. The molecule has 118 valence electrons. The fourth-order valence-electron chi connectivity index (χ4n) is 1.79. The highest BCUT2D eigenvalue weighted by atomic mass is 79.9. The predicted octanol–water partition coefficient (Wildman–Crippen LogP) is 3.27. The molecule has 0 unspecified atom stereocenters. The molecule has 9 heteroatoms. The summed E-state index contributed by atoms with van der Waals surface area (Å²) in [5.74, 6) is -1.14. The summed E-state index contributed by atoms with van der Waals surface area (Å²) in [6.07, 6.45) is -4.66. The molecule has 2 rings (SSSR count). The van der Waals surface area contributed by atoms with E-state index in [1.54, 1.807) is 0 Å². The molecule has 0 saturated carbocycles. The lowest BCUT2D eigenvalue weighted by Crippen LogP contribution is -2.25. The first-order valence-corrected chi connectivity index (χ1v) is 6.81. The van der Waals surface area contributed by atoms with Crippen molar-refractivity contribution in [3.05, 3.63) is 51.5 Å². The lowest BCUT2D eigenvalue weighted by Gasteiger charge is -2.06. The van der Waals surface area contributed by atoms with Crippen molar-refractivity contribution in [2.45, 2.75) is 12.7 Å². The number of carbonyl (C=O) groups is 1. The lowest BCUT2D eigenvalue weighted by atomic mass is 10.2. The van der Waals surface area contributed by atoms with Gasteiger partial charge in [0.1, 0.15) is 11.5 Å². The Bertz CT molecular complexity index is 695. The summed E-state index contributed by atoms with van der Waals surface area (Å²) in [6, 6.07) is 5.39. The minimum absolute atomic E-state index is 0.0537. The van der Waals surface area contributed by atoms with E-state index in [4.69, 9.17) is 0 Å². The van der Waals surface area contributed by atoms with E-state index < -0.39 is 28.1 Å². The number of halogens is 5. The second-order valence-corrected chi connectivity index (χ2v) is 5.23. The number of hydrogen-bond acceptors (Lipinski definition) is 2. The number of alkyl halides is 3. The van der Waals surface area contributed by atoms with Crippen molar-refractivity contribution >= 4 is 21.8 Å². The Balaban J connectivity index is 2.16. The molecule has 0 saturated heterocycles. The number of benzene rings is 1. The molecule has 0 fully saturated rings. The maximum absolute atomic E-state index is 12.8. The number of hydrogen-bond donors (Lipinski definition) is 1. The van der Waals surface area contributed by atoms with Crippen LogP contribution in [-0.2, 0) is 19.8 Å². The molecule has 0 bridgehead atoms. The molecule has 1 aromatic carbocycles. The third-order valence-corrected chi connectivity index (χ3v) is 3.59. The van der Waals surface area contributed by atoms with E-state index in [0.29, 0.717) is 5.56 Å². The van der Waals surface area contributed by atoms with Gasteiger partial charge in [0.05, 0.1) is 4.47 Å². The van der Waals surface area contributed by atoms with Crippen LogP contribution in [0.3, 0.4) is 0 Å². The van der Waals surface area contributed by atoms with Gasteiger partial charge in [0.15, 0.2) is 5.69 Å². The van der Waals surface area contributed by atoms with E-state index in [-0.39, 0.29) is 12.2 Å². The summed E-state index contributed by atoms with van der Waals surface area (Å²) in [6.45, 7) is 0.0537. The average Bonchev–Trinajstić information content (AvgIpc) is 2.73. The van der Waals surface area contributed by atoms with Crippen LogP contribution in [0.2, 0.25) is 0 Å². The van der Waals surface area contributed by atoms with Gasteiger partial charge in [-0.1, -0.05) is 12.1 Å². The van der Waals surface area contributed by atoms with Crippen molar-refractivity contribution in [3.8, 4) is 0 Å². The fraction of sp³-hybridized carbons (Fsp3) is 0.231. The van der Waals surface area contributed by atoms with Crippen molar-refractivity contribution in [1.29, 1.82) is 0 Å². The Morgan fingerprint density at radius 1 is 1.32 bits per heavy atom. The standard InChI is InChI=1S/C13H10BrF4N3O/c1-21-10(9(14)11(20-21)13(16,17)18)12(22)19-6-7-2-4-8(15)5-3-7/h2-5H,6H2,1H3,(H,19,22). The second kappa shape index (κ2) is 6.07. The van der Waals surface area contributed by atoms with Crippen LogP contribution in [-0.4, -0.2) is 15.7 Å². The first-order valence-electron chi connectivity index (χ1n) is 6.02. The van der Waals surface area contributed by atoms with Crippen LogP contribution < -0.4 is 5.32 Å². The number of rotatable bonds is 3. The molecule has 1 aromatic heterocycles. The smallest absolute Gasteiger partial charge is 0.347 e. The minimum atomic E-state index is -4.66. The topological polar surface area (TPSA) is 46.9 Å². The third kappa shape index (κ3) is 3.46. The molecule has 0 atom stereocenters. The van der Waals surface area contributed by atoms with Gasteiger partial charge in [-0.05, 0) is 33.6 Å². The molecule has 22 heavy (non-hydrogen) atoms. The fourth-order valence-corrected chi connectivity index (χ4v) is 2.53. The highest BCUT2D eigenvalue weighted by Crippen LogP contribution is 2.35. The van der Waals surface area contributed by atoms with Crippen LogP contribution in [0.1, 0.15) is 21.7 Å². The Hall–Kier alpha value is -1.90. The van der Waals surface area contributed by atoms with Gasteiger partial charge in [-0.3, -0.25) is 9.48 Å². The highest BCUT2D eigenvalue weighted by molar-refractivity contribution is 9.10. The van der Waals surface area contributed by atoms with Crippen LogP contribution in [0.15, 0.2) is 28.7 Å². The number of aryl methyl sites for hydroxylation is 1. The molecule has 1 amide bonds. The zero-order chi connectivity index (χ0) is 16.5. The number of nitrogens with one attached hydrogen (secondary N) is 1. The molecule has 0 aliphatic carbocycles. The van der Waals surface area contributed by atoms with Gasteiger partial charge in [-0.15, -0.1) is 0 Å². The quantitative estimate of drug-likeness (QED) is 0.832. The normalized spacial score (nSPS) is 11.5. The Morgan fingerprint density at radius 2 is 1.91 bits per heavy atom. The minimum Gasteiger partial charge on any atom is -0.347 e. The van der Waals surface area contributed by atoms with Gasteiger partial charge in [0.25, 0.3) is 5.91 Å². The van der Waals surface area contributed by atoms with E-state index in [2.05, 4.69) is 26.3 Å². The summed E-state index contributed by atoms with van der Waals surface area (Å²) in [4.78, 5) is 12.0. The summed E-state index contributed by atoms with van der Waals surface area (Å²) in [5, 5.41) is 5.77. The van der Waals surface area contributed by atoms with Crippen molar-refractivity contribution in [1.82, 2.24) is 15.1 Å². The number of carbonyl (C=O) groups excluding carboxylic acids is 1. The molecule has 4 nitrogen and oxygen atoms in total. The SMILES string of the molecule is Cn1nc(C(F)(F)F)c(Br)c1C(=O)NCc1ccc(F)cc1. The van der Waals surface area contributed by atoms with E-state index in [1.807, 2.05) is 0 Å². The third-order valence-electron chi connectivity index (χ3n) is 2.84. The van der Waals surface area contributed by atoms with Gasteiger partial charge in [0, 0.05) is 13.6 Å². The van der Waals surface area contributed by atoms with Crippen molar-refractivity contribution in [3.63, 3.8) is 0 Å². The monoisotopic (exact) mass is 379 g/mol. The zero-order valence-corrected chi connectivity index (χ0v) is 12.8. The molecule has 0 aliphatic heterocycles. The van der Waals surface area contributed by atoms with Crippen LogP contribution in [0, 0.1) is 5.82 Å². The van der Waals surface area contributed by atoms with Crippen LogP contribution in [0.25, 0.3) is 0 Å². The van der Waals surface area contributed by atoms with Crippen molar-refractivity contribution in [2.75, 3.05) is 0 Å².